The fourth-order valence-electron chi connectivity index (χ4n) is 2.29. The molecule has 0 bridgehead atoms. The van der Waals surface area contributed by atoms with Crippen LogP contribution in [-0.4, -0.2) is 17.0 Å². The second-order valence-corrected chi connectivity index (χ2v) is 5.21. The lowest BCUT2D eigenvalue weighted by Crippen LogP contribution is -2.11. The molecule has 1 aliphatic rings. The van der Waals surface area contributed by atoms with Crippen LogP contribution >= 0.6 is 15.9 Å². The number of halogens is 1. The molecule has 1 fully saturated rings. The van der Waals surface area contributed by atoms with E-state index in [4.69, 9.17) is 0 Å². The molecule has 1 heterocycles. The zero-order valence-corrected chi connectivity index (χ0v) is 11.5. The molecule has 0 unspecified atom stereocenters. The lowest BCUT2D eigenvalue weighted by Gasteiger charge is -2.21. The Morgan fingerprint density at radius 2 is 1.88 bits per heavy atom. The second-order valence-electron chi connectivity index (χ2n) is 4.41. The van der Waals surface area contributed by atoms with Crippen LogP contribution < -0.4 is 5.32 Å². The van der Waals surface area contributed by atoms with Gasteiger partial charge in [0.2, 0.25) is 0 Å². The van der Waals surface area contributed by atoms with Crippen molar-refractivity contribution in [3.8, 4) is 0 Å². The number of aromatic nitrogens is 2. The van der Waals surface area contributed by atoms with Crippen LogP contribution in [0.3, 0.4) is 0 Å². The van der Waals surface area contributed by atoms with Gasteiger partial charge >= 0.3 is 0 Å². The second kappa shape index (κ2) is 5.13. The van der Waals surface area contributed by atoms with Gasteiger partial charge in [0.05, 0.1) is 10.2 Å². The molecule has 4 heteroatoms. The van der Waals surface area contributed by atoms with Crippen LogP contribution in [0.4, 0.5) is 5.82 Å². The van der Waals surface area contributed by atoms with E-state index in [2.05, 4.69) is 31.2 Å². The molecule has 2 rings (SSSR count). The smallest absolute Gasteiger partial charge is 0.144 e. The molecule has 0 amide bonds. The molecule has 0 saturated heterocycles. The van der Waals surface area contributed by atoms with E-state index in [1.165, 1.54) is 32.1 Å². The van der Waals surface area contributed by atoms with E-state index in [1.807, 2.05) is 14.0 Å². The summed E-state index contributed by atoms with van der Waals surface area (Å²) in [5, 5.41) is 3.12. The van der Waals surface area contributed by atoms with Crippen LogP contribution in [0.25, 0.3) is 0 Å². The van der Waals surface area contributed by atoms with Crippen LogP contribution in [0.1, 0.15) is 49.5 Å². The lowest BCUT2D eigenvalue weighted by atomic mass is 9.88. The largest absolute Gasteiger partial charge is 0.372 e. The minimum Gasteiger partial charge on any atom is -0.372 e. The molecule has 1 N–H and O–H groups in total. The third-order valence-corrected chi connectivity index (χ3v) is 4.19. The van der Waals surface area contributed by atoms with E-state index in [-0.39, 0.29) is 0 Å². The van der Waals surface area contributed by atoms with Gasteiger partial charge in [-0.15, -0.1) is 0 Å². The summed E-state index contributed by atoms with van der Waals surface area (Å²) < 4.78 is 0.981. The topological polar surface area (TPSA) is 37.8 Å². The fourth-order valence-corrected chi connectivity index (χ4v) is 2.67. The molecule has 0 spiro atoms. The highest BCUT2D eigenvalue weighted by Crippen LogP contribution is 2.33. The van der Waals surface area contributed by atoms with Crippen molar-refractivity contribution >= 4 is 21.7 Å². The first-order chi connectivity index (χ1) is 7.72. The van der Waals surface area contributed by atoms with Crippen molar-refractivity contribution in [3.63, 3.8) is 0 Å². The van der Waals surface area contributed by atoms with Crippen molar-refractivity contribution in [2.75, 3.05) is 12.4 Å². The Labute approximate surface area is 105 Å². The van der Waals surface area contributed by atoms with Crippen molar-refractivity contribution in [3.05, 3.63) is 16.0 Å². The molecule has 1 aromatic heterocycles. The Morgan fingerprint density at radius 1 is 1.19 bits per heavy atom. The number of hydrogen-bond donors (Lipinski definition) is 1. The number of nitrogens with one attached hydrogen (secondary N) is 1. The maximum absolute atomic E-state index is 4.61. The Bertz CT molecular complexity index is 373. The van der Waals surface area contributed by atoms with Gasteiger partial charge in [-0.2, -0.15) is 0 Å². The van der Waals surface area contributed by atoms with Crippen LogP contribution in [0, 0.1) is 6.92 Å². The van der Waals surface area contributed by atoms with Gasteiger partial charge in [-0.1, -0.05) is 19.3 Å². The van der Waals surface area contributed by atoms with Gasteiger partial charge in [-0.3, -0.25) is 0 Å². The molecule has 0 radical (unpaired) electrons. The number of nitrogens with zero attached hydrogens (tertiary/aromatic N) is 2. The summed E-state index contributed by atoms with van der Waals surface area (Å²) >= 11 is 3.51. The number of aryl methyl sites for hydroxylation is 1. The van der Waals surface area contributed by atoms with E-state index in [1.54, 1.807) is 0 Å². The molecule has 16 heavy (non-hydrogen) atoms. The zero-order valence-electron chi connectivity index (χ0n) is 9.89. The van der Waals surface area contributed by atoms with Gasteiger partial charge in [-0.25, -0.2) is 9.97 Å². The molecule has 0 aliphatic heterocycles. The predicted octanol–water partition coefficient (Wildman–Crippen LogP) is 3.64. The average molecular weight is 284 g/mol. The average Bonchev–Trinajstić information content (AvgIpc) is 2.33. The SMILES string of the molecule is CNc1nc(C2CCCCC2)nc(C)c1Br. The molecular formula is C12H18BrN3. The maximum atomic E-state index is 4.61. The van der Waals surface area contributed by atoms with Crippen molar-refractivity contribution in [2.45, 2.75) is 44.9 Å². The van der Waals surface area contributed by atoms with Gasteiger partial charge in [0, 0.05) is 13.0 Å². The van der Waals surface area contributed by atoms with Crippen LogP contribution in [-0.2, 0) is 0 Å². The Hall–Kier alpha value is -0.640. The van der Waals surface area contributed by atoms with E-state index in [9.17, 15) is 0 Å². The molecule has 0 atom stereocenters. The molecule has 0 aromatic carbocycles. The quantitative estimate of drug-likeness (QED) is 0.901. The first-order valence-electron chi connectivity index (χ1n) is 5.94. The first-order valence-corrected chi connectivity index (χ1v) is 6.73. The fraction of sp³-hybridized carbons (Fsp3) is 0.667. The summed E-state index contributed by atoms with van der Waals surface area (Å²) in [6.45, 7) is 2.03. The third kappa shape index (κ3) is 2.37. The highest BCUT2D eigenvalue weighted by molar-refractivity contribution is 9.10. The van der Waals surface area contributed by atoms with E-state index in [0.717, 1.165) is 21.8 Å². The summed E-state index contributed by atoms with van der Waals surface area (Å²) in [5.74, 6) is 2.49. The van der Waals surface area contributed by atoms with Crippen LogP contribution in [0.2, 0.25) is 0 Å². The molecule has 88 valence electrons. The predicted molar refractivity (Wildman–Crippen MR) is 69.8 cm³/mol. The number of anilines is 1. The maximum Gasteiger partial charge on any atom is 0.144 e. The molecular weight excluding hydrogens is 266 g/mol. The Balaban J connectivity index is 2.29. The van der Waals surface area contributed by atoms with E-state index >= 15 is 0 Å². The van der Waals surface area contributed by atoms with E-state index < -0.39 is 0 Å². The Kier molecular flexibility index (Phi) is 3.79. The summed E-state index contributed by atoms with van der Waals surface area (Å²) in [6, 6.07) is 0. The van der Waals surface area contributed by atoms with Gasteiger partial charge in [0.1, 0.15) is 11.6 Å². The van der Waals surface area contributed by atoms with Crippen molar-refractivity contribution in [2.24, 2.45) is 0 Å². The van der Waals surface area contributed by atoms with Crippen LogP contribution in [0.15, 0.2) is 4.47 Å². The first kappa shape index (κ1) is 11.8. The minimum absolute atomic E-state index is 0.563. The van der Waals surface area contributed by atoms with Crippen molar-refractivity contribution < 1.29 is 0 Å². The van der Waals surface area contributed by atoms with Gasteiger partial charge < -0.3 is 5.32 Å². The molecule has 1 aliphatic carbocycles. The third-order valence-electron chi connectivity index (χ3n) is 3.24. The normalized spacial score (nSPS) is 17.4. The highest BCUT2D eigenvalue weighted by atomic mass is 79.9. The summed E-state index contributed by atoms with van der Waals surface area (Å²) in [4.78, 5) is 9.21. The summed E-state index contributed by atoms with van der Waals surface area (Å²) in [5.41, 5.74) is 1.03. The monoisotopic (exact) mass is 283 g/mol. The highest BCUT2D eigenvalue weighted by Gasteiger charge is 2.20. The van der Waals surface area contributed by atoms with Crippen molar-refractivity contribution in [1.29, 1.82) is 0 Å². The zero-order chi connectivity index (χ0) is 11.5. The minimum atomic E-state index is 0.563. The summed E-state index contributed by atoms with van der Waals surface area (Å²) in [6.07, 6.45) is 6.48. The lowest BCUT2D eigenvalue weighted by molar-refractivity contribution is 0.428. The standard InChI is InChI=1S/C12H18BrN3/c1-8-10(13)12(14-2)16-11(15-8)9-6-4-3-5-7-9/h9H,3-7H2,1-2H3,(H,14,15,16). The number of rotatable bonds is 2. The number of hydrogen-bond acceptors (Lipinski definition) is 3. The van der Waals surface area contributed by atoms with E-state index in [0.29, 0.717) is 5.92 Å². The molecule has 1 aromatic rings. The molecule has 3 nitrogen and oxygen atoms in total. The van der Waals surface area contributed by atoms with Gasteiger partial charge in [-0.05, 0) is 35.7 Å². The van der Waals surface area contributed by atoms with Gasteiger partial charge in [0.15, 0.2) is 0 Å². The molecule has 1 saturated carbocycles. The summed E-state index contributed by atoms with van der Waals surface area (Å²) in [7, 11) is 1.90. The Morgan fingerprint density at radius 3 is 2.50 bits per heavy atom. The van der Waals surface area contributed by atoms with Crippen LogP contribution in [0.5, 0.6) is 0 Å². The van der Waals surface area contributed by atoms with Gasteiger partial charge in [0.25, 0.3) is 0 Å². The van der Waals surface area contributed by atoms with Crippen molar-refractivity contribution in [1.82, 2.24) is 9.97 Å².